The average molecular weight is 390 g/mol. The van der Waals surface area contributed by atoms with Crippen LogP contribution in [0.5, 0.6) is 0 Å². The predicted molar refractivity (Wildman–Crippen MR) is 99.0 cm³/mol. The summed E-state index contributed by atoms with van der Waals surface area (Å²) in [6, 6.07) is 8.55. The smallest absolute Gasteiger partial charge is 0.332 e. The van der Waals surface area contributed by atoms with Crippen molar-refractivity contribution < 1.29 is 9.59 Å². The number of carbonyl (C=O) groups excluding carboxylic acids is 2. The summed E-state index contributed by atoms with van der Waals surface area (Å²) >= 11 is 6.06. The van der Waals surface area contributed by atoms with E-state index in [-0.39, 0.29) is 35.3 Å². The Balaban J connectivity index is 1.84. The molecule has 1 amide bonds. The van der Waals surface area contributed by atoms with Gasteiger partial charge in [-0.25, -0.2) is 4.79 Å². The number of imidazole rings is 1. The summed E-state index contributed by atoms with van der Waals surface area (Å²) in [6.45, 7) is -0.506. The van der Waals surface area contributed by atoms with E-state index < -0.39 is 17.2 Å². The van der Waals surface area contributed by atoms with Crippen LogP contribution in [0.15, 0.2) is 39.9 Å². The van der Waals surface area contributed by atoms with Gasteiger partial charge >= 0.3 is 5.69 Å². The van der Waals surface area contributed by atoms with Gasteiger partial charge in [0.2, 0.25) is 11.2 Å². The van der Waals surface area contributed by atoms with Gasteiger partial charge in [-0.05, 0) is 11.6 Å². The van der Waals surface area contributed by atoms with Crippen molar-refractivity contribution in [3.05, 3.63) is 62.0 Å². The Morgan fingerprint density at radius 3 is 2.44 bits per heavy atom. The predicted octanol–water partition coefficient (Wildman–Crippen LogP) is 0.0862. The third kappa shape index (κ3) is 3.41. The second-order valence-corrected chi connectivity index (χ2v) is 6.25. The molecule has 2 aromatic heterocycles. The van der Waals surface area contributed by atoms with E-state index in [9.17, 15) is 19.2 Å². The first-order valence-electron chi connectivity index (χ1n) is 7.98. The van der Waals surface area contributed by atoms with Crippen LogP contribution in [0.3, 0.4) is 0 Å². The Morgan fingerprint density at radius 1 is 1.11 bits per heavy atom. The molecule has 27 heavy (non-hydrogen) atoms. The monoisotopic (exact) mass is 389 g/mol. The summed E-state index contributed by atoms with van der Waals surface area (Å²) in [5.41, 5.74) is -0.560. The van der Waals surface area contributed by atoms with Crippen LogP contribution in [0.2, 0.25) is 5.28 Å². The molecule has 0 fully saturated rings. The Morgan fingerprint density at radius 2 is 1.78 bits per heavy atom. The molecule has 1 N–H and O–H groups in total. The molecule has 0 saturated heterocycles. The van der Waals surface area contributed by atoms with Gasteiger partial charge in [0.05, 0.1) is 6.54 Å². The van der Waals surface area contributed by atoms with Crippen LogP contribution in [-0.2, 0) is 25.4 Å². The number of hydrogen-bond donors (Lipinski definition) is 1. The van der Waals surface area contributed by atoms with Gasteiger partial charge in [-0.3, -0.25) is 28.1 Å². The molecule has 0 spiro atoms. The average Bonchev–Trinajstić information content (AvgIpc) is 2.99. The van der Waals surface area contributed by atoms with Crippen LogP contribution in [-0.4, -0.2) is 36.9 Å². The Bertz CT molecular complexity index is 1160. The van der Waals surface area contributed by atoms with Gasteiger partial charge in [0.1, 0.15) is 6.54 Å². The number of ketones is 1. The van der Waals surface area contributed by atoms with Crippen molar-refractivity contribution in [1.82, 2.24) is 24.0 Å². The van der Waals surface area contributed by atoms with Crippen LogP contribution >= 0.6 is 11.6 Å². The van der Waals surface area contributed by atoms with Gasteiger partial charge in [0, 0.05) is 19.7 Å². The van der Waals surface area contributed by atoms with Crippen molar-refractivity contribution >= 4 is 34.5 Å². The summed E-state index contributed by atoms with van der Waals surface area (Å²) in [7, 11) is 2.78. The molecule has 9 nitrogen and oxygen atoms in total. The maximum atomic E-state index is 12.4. The van der Waals surface area contributed by atoms with Gasteiger partial charge in [-0.1, -0.05) is 30.3 Å². The zero-order valence-corrected chi connectivity index (χ0v) is 15.4. The lowest BCUT2D eigenvalue weighted by atomic mass is 10.1. The first-order chi connectivity index (χ1) is 12.8. The minimum Gasteiger partial charge on any atom is -0.347 e. The molecule has 140 valence electrons. The van der Waals surface area contributed by atoms with Crippen LogP contribution in [0.1, 0.15) is 10.4 Å². The number of nitrogens with one attached hydrogen (secondary N) is 1. The maximum Gasteiger partial charge on any atom is 0.332 e. The Labute approximate surface area is 157 Å². The van der Waals surface area contributed by atoms with Crippen molar-refractivity contribution in [2.75, 3.05) is 6.54 Å². The normalized spacial score (nSPS) is 10.9. The van der Waals surface area contributed by atoms with Gasteiger partial charge in [-0.2, -0.15) is 4.98 Å². The molecule has 0 atom stereocenters. The molecule has 2 heterocycles. The summed E-state index contributed by atoms with van der Waals surface area (Å²) in [4.78, 5) is 52.7. The molecular formula is C17H16ClN5O4. The number of aromatic nitrogens is 4. The molecule has 3 aromatic rings. The lowest BCUT2D eigenvalue weighted by molar-refractivity contribution is -0.121. The number of fused-ring (bicyclic) bond motifs is 1. The summed E-state index contributed by atoms with van der Waals surface area (Å²) < 4.78 is 3.30. The second kappa shape index (κ2) is 7.20. The zero-order valence-electron chi connectivity index (χ0n) is 14.6. The molecule has 3 rings (SSSR count). The number of Topliss-reactive ketones (excluding diaryl/α,β-unsaturated/α-hetero) is 1. The van der Waals surface area contributed by atoms with E-state index in [2.05, 4.69) is 10.3 Å². The van der Waals surface area contributed by atoms with Crippen LogP contribution in [0.4, 0.5) is 0 Å². The van der Waals surface area contributed by atoms with E-state index in [4.69, 9.17) is 11.6 Å². The number of nitrogens with zero attached hydrogens (tertiary/aromatic N) is 4. The van der Waals surface area contributed by atoms with Gasteiger partial charge in [0.25, 0.3) is 5.56 Å². The number of aryl methyl sites for hydroxylation is 1. The van der Waals surface area contributed by atoms with Gasteiger partial charge in [0.15, 0.2) is 16.9 Å². The fourth-order valence-corrected chi connectivity index (χ4v) is 2.89. The highest BCUT2D eigenvalue weighted by atomic mass is 35.5. The second-order valence-electron chi connectivity index (χ2n) is 5.91. The van der Waals surface area contributed by atoms with Crippen molar-refractivity contribution in [2.24, 2.45) is 14.1 Å². The number of benzene rings is 1. The molecule has 10 heteroatoms. The standard InChI is InChI=1S/C17H16ClN5O4/c1-21-14-13(15(26)22(2)17(21)27)23(16(18)20-14)9-12(25)19-8-11(24)10-6-4-3-5-7-10/h3-7H,8-9H2,1-2H3,(H,19,25). The molecule has 0 aliphatic heterocycles. The lowest BCUT2D eigenvalue weighted by Crippen LogP contribution is -2.38. The maximum absolute atomic E-state index is 12.4. The van der Waals surface area contributed by atoms with Crippen molar-refractivity contribution in [1.29, 1.82) is 0 Å². The topological polar surface area (TPSA) is 108 Å². The summed E-state index contributed by atoms with van der Waals surface area (Å²) in [5.74, 6) is -0.764. The van der Waals surface area contributed by atoms with Crippen molar-refractivity contribution in [3.8, 4) is 0 Å². The minimum absolute atomic E-state index is 0.0362. The molecule has 0 saturated carbocycles. The molecule has 0 unspecified atom stereocenters. The van der Waals surface area contributed by atoms with E-state index >= 15 is 0 Å². The van der Waals surface area contributed by atoms with E-state index in [1.54, 1.807) is 30.3 Å². The summed E-state index contributed by atoms with van der Waals surface area (Å²) in [5, 5.41) is 2.39. The number of hydrogen-bond acceptors (Lipinski definition) is 5. The summed E-state index contributed by atoms with van der Waals surface area (Å²) in [6.07, 6.45) is 0. The van der Waals surface area contributed by atoms with Crippen LogP contribution < -0.4 is 16.6 Å². The highest BCUT2D eigenvalue weighted by Crippen LogP contribution is 2.15. The zero-order chi connectivity index (χ0) is 19.7. The lowest BCUT2D eigenvalue weighted by Gasteiger charge is -2.08. The molecule has 0 aliphatic rings. The molecule has 0 radical (unpaired) electrons. The third-order valence-electron chi connectivity index (χ3n) is 4.14. The number of carbonyl (C=O) groups is 2. The van der Waals surface area contributed by atoms with E-state index in [1.165, 1.54) is 23.2 Å². The quantitative estimate of drug-likeness (QED) is 0.491. The molecule has 0 aliphatic carbocycles. The van der Waals surface area contributed by atoms with Crippen LogP contribution in [0, 0.1) is 0 Å². The number of rotatable bonds is 5. The first-order valence-corrected chi connectivity index (χ1v) is 8.35. The van der Waals surface area contributed by atoms with Gasteiger partial charge < -0.3 is 5.32 Å². The fraction of sp³-hybridized carbons (Fsp3) is 0.235. The minimum atomic E-state index is -0.610. The van der Waals surface area contributed by atoms with Crippen molar-refractivity contribution in [2.45, 2.75) is 6.54 Å². The van der Waals surface area contributed by atoms with E-state index in [1.807, 2.05) is 0 Å². The Hall–Kier alpha value is -3.20. The Kier molecular flexibility index (Phi) is 4.95. The highest BCUT2D eigenvalue weighted by molar-refractivity contribution is 6.29. The fourth-order valence-electron chi connectivity index (χ4n) is 2.67. The van der Waals surface area contributed by atoms with Crippen LogP contribution in [0.25, 0.3) is 11.2 Å². The van der Waals surface area contributed by atoms with E-state index in [0.29, 0.717) is 5.56 Å². The molecular weight excluding hydrogens is 374 g/mol. The third-order valence-corrected chi connectivity index (χ3v) is 4.43. The highest BCUT2D eigenvalue weighted by Gasteiger charge is 2.20. The number of halogens is 1. The molecule has 0 bridgehead atoms. The SMILES string of the molecule is Cn1c(=O)c2c(nc(Cl)n2CC(=O)NCC(=O)c2ccccc2)n(C)c1=O. The molecule has 1 aromatic carbocycles. The van der Waals surface area contributed by atoms with Gasteiger partial charge in [-0.15, -0.1) is 0 Å². The van der Waals surface area contributed by atoms with E-state index in [0.717, 1.165) is 4.57 Å². The number of amides is 1. The first kappa shape index (κ1) is 18.6. The van der Waals surface area contributed by atoms with Crippen molar-refractivity contribution in [3.63, 3.8) is 0 Å². The largest absolute Gasteiger partial charge is 0.347 e.